The maximum absolute atomic E-state index is 13.8. The Morgan fingerprint density at radius 2 is 1.95 bits per heavy atom. The molecule has 4 heteroatoms. The zero-order chi connectivity index (χ0) is 14.4. The first-order valence-corrected chi connectivity index (χ1v) is 6.84. The van der Waals surface area contributed by atoms with Crippen molar-refractivity contribution < 1.29 is 8.78 Å². The number of nitrogens with zero attached hydrogens (tertiary/aromatic N) is 1. The van der Waals surface area contributed by atoms with E-state index in [4.69, 9.17) is 0 Å². The van der Waals surface area contributed by atoms with Gasteiger partial charge in [0.25, 0.3) is 0 Å². The molecule has 108 valence electrons. The van der Waals surface area contributed by atoms with Crippen LogP contribution in [0.2, 0.25) is 0 Å². The average molecular weight is 270 g/mol. The summed E-state index contributed by atoms with van der Waals surface area (Å²) in [5.41, 5.74) is 0.416. The van der Waals surface area contributed by atoms with Crippen molar-refractivity contribution in [2.45, 2.75) is 39.3 Å². The minimum Gasteiger partial charge on any atom is -0.310 e. The van der Waals surface area contributed by atoms with Crippen molar-refractivity contribution in [3.8, 4) is 0 Å². The predicted molar refractivity (Wildman–Crippen MR) is 75.2 cm³/mol. The topological polar surface area (TPSA) is 15.3 Å². The van der Waals surface area contributed by atoms with Crippen LogP contribution in [0.3, 0.4) is 0 Å². The van der Waals surface area contributed by atoms with Crippen molar-refractivity contribution in [3.05, 3.63) is 35.4 Å². The Bertz CT molecular complexity index is 394. The van der Waals surface area contributed by atoms with E-state index in [1.54, 1.807) is 12.1 Å². The molecule has 0 bridgehead atoms. The number of rotatable bonds is 7. The van der Waals surface area contributed by atoms with E-state index in [1.165, 1.54) is 0 Å². The lowest BCUT2D eigenvalue weighted by Gasteiger charge is -2.25. The third-order valence-corrected chi connectivity index (χ3v) is 3.46. The first-order valence-electron chi connectivity index (χ1n) is 6.84. The standard InChI is InChI=1S/C15H24F2N2/c1-5-18-14(9-10-19(4)11(2)3)12-7-6-8-13(16)15(12)17/h6-8,11,14,18H,5,9-10H2,1-4H3. The second kappa shape index (κ2) is 7.56. The molecule has 0 spiro atoms. The summed E-state index contributed by atoms with van der Waals surface area (Å²) in [5, 5.41) is 3.23. The van der Waals surface area contributed by atoms with Gasteiger partial charge in [0, 0.05) is 17.6 Å². The first kappa shape index (κ1) is 16.1. The number of hydrogen-bond acceptors (Lipinski definition) is 2. The zero-order valence-corrected chi connectivity index (χ0v) is 12.2. The van der Waals surface area contributed by atoms with Gasteiger partial charge in [0.15, 0.2) is 11.6 Å². The van der Waals surface area contributed by atoms with Crippen molar-refractivity contribution in [3.63, 3.8) is 0 Å². The summed E-state index contributed by atoms with van der Waals surface area (Å²) >= 11 is 0. The summed E-state index contributed by atoms with van der Waals surface area (Å²) in [7, 11) is 2.04. The van der Waals surface area contributed by atoms with E-state index in [2.05, 4.69) is 24.1 Å². The summed E-state index contributed by atoms with van der Waals surface area (Å²) in [6.45, 7) is 7.77. The predicted octanol–water partition coefficient (Wildman–Crippen LogP) is 3.35. The van der Waals surface area contributed by atoms with Crippen LogP contribution in [0.15, 0.2) is 18.2 Å². The maximum Gasteiger partial charge on any atom is 0.163 e. The molecule has 0 radical (unpaired) electrons. The molecule has 1 N–H and O–H groups in total. The van der Waals surface area contributed by atoms with Gasteiger partial charge in [-0.05, 0) is 46.5 Å². The molecule has 1 aromatic carbocycles. The molecule has 0 saturated heterocycles. The zero-order valence-electron chi connectivity index (χ0n) is 12.2. The Hall–Kier alpha value is -1.00. The van der Waals surface area contributed by atoms with Crippen molar-refractivity contribution in [1.29, 1.82) is 0 Å². The lowest BCUT2D eigenvalue weighted by molar-refractivity contribution is 0.255. The highest BCUT2D eigenvalue weighted by Crippen LogP contribution is 2.22. The summed E-state index contributed by atoms with van der Waals surface area (Å²) in [6, 6.07) is 4.66. The summed E-state index contributed by atoms with van der Waals surface area (Å²) < 4.78 is 27.1. The molecular formula is C15H24F2N2. The lowest BCUT2D eigenvalue weighted by Crippen LogP contribution is -2.31. The van der Waals surface area contributed by atoms with Gasteiger partial charge in [-0.1, -0.05) is 19.1 Å². The molecule has 0 fully saturated rings. The molecule has 1 rings (SSSR count). The molecule has 1 aromatic rings. The van der Waals surface area contributed by atoms with E-state index in [9.17, 15) is 8.78 Å². The van der Waals surface area contributed by atoms with E-state index in [-0.39, 0.29) is 6.04 Å². The number of hydrogen-bond donors (Lipinski definition) is 1. The van der Waals surface area contributed by atoms with Crippen molar-refractivity contribution >= 4 is 0 Å². The SMILES string of the molecule is CCNC(CCN(C)C(C)C)c1cccc(F)c1F. The highest BCUT2D eigenvalue weighted by atomic mass is 19.2. The fourth-order valence-electron chi connectivity index (χ4n) is 1.99. The summed E-state index contributed by atoms with van der Waals surface area (Å²) in [5.74, 6) is -1.52. The number of halogens is 2. The molecule has 0 amide bonds. The smallest absolute Gasteiger partial charge is 0.163 e. The van der Waals surface area contributed by atoms with E-state index in [0.717, 1.165) is 25.6 Å². The van der Waals surface area contributed by atoms with Crippen LogP contribution in [0.5, 0.6) is 0 Å². The molecule has 0 saturated carbocycles. The third kappa shape index (κ3) is 4.55. The molecule has 0 aromatic heterocycles. The van der Waals surface area contributed by atoms with Crippen LogP contribution in [0.4, 0.5) is 8.78 Å². The summed E-state index contributed by atoms with van der Waals surface area (Å²) in [6.07, 6.45) is 0.753. The van der Waals surface area contributed by atoms with Crippen molar-refractivity contribution in [2.75, 3.05) is 20.1 Å². The van der Waals surface area contributed by atoms with Gasteiger partial charge in [0.2, 0.25) is 0 Å². The van der Waals surface area contributed by atoms with Crippen molar-refractivity contribution in [2.24, 2.45) is 0 Å². The Morgan fingerprint density at radius 1 is 1.26 bits per heavy atom. The second-order valence-electron chi connectivity index (χ2n) is 5.12. The Morgan fingerprint density at radius 3 is 2.53 bits per heavy atom. The van der Waals surface area contributed by atoms with E-state index in [0.29, 0.717) is 11.6 Å². The molecule has 19 heavy (non-hydrogen) atoms. The minimum atomic E-state index is -0.780. The van der Waals surface area contributed by atoms with Crippen LogP contribution in [-0.4, -0.2) is 31.1 Å². The number of benzene rings is 1. The number of nitrogens with one attached hydrogen (secondary N) is 1. The highest BCUT2D eigenvalue weighted by Gasteiger charge is 2.18. The molecule has 0 aliphatic rings. The molecule has 0 heterocycles. The minimum absolute atomic E-state index is 0.151. The van der Waals surface area contributed by atoms with Crippen LogP contribution in [0.25, 0.3) is 0 Å². The molecule has 1 atom stereocenters. The Balaban J connectivity index is 2.79. The maximum atomic E-state index is 13.8. The largest absolute Gasteiger partial charge is 0.310 e. The molecule has 2 nitrogen and oxygen atoms in total. The average Bonchev–Trinajstić information content (AvgIpc) is 2.37. The van der Waals surface area contributed by atoms with Crippen LogP contribution in [0, 0.1) is 11.6 Å². The molecular weight excluding hydrogens is 246 g/mol. The first-order chi connectivity index (χ1) is 8.97. The highest BCUT2D eigenvalue weighted by molar-refractivity contribution is 5.22. The van der Waals surface area contributed by atoms with E-state index < -0.39 is 11.6 Å². The van der Waals surface area contributed by atoms with Gasteiger partial charge in [-0.2, -0.15) is 0 Å². The van der Waals surface area contributed by atoms with Crippen LogP contribution in [0.1, 0.15) is 38.8 Å². The molecule has 1 unspecified atom stereocenters. The van der Waals surface area contributed by atoms with E-state index in [1.807, 2.05) is 14.0 Å². The summed E-state index contributed by atoms with van der Waals surface area (Å²) in [4.78, 5) is 2.20. The monoisotopic (exact) mass is 270 g/mol. The van der Waals surface area contributed by atoms with Crippen LogP contribution < -0.4 is 5.32 Å². The van der Waals surface area contributed by atoms with Gasteiger partial charge >= 0.3 is 0 Å². The second-order valence-corrected chi connectivity index (χ2v) is 5.12. The van der Waals surface area contributed by atoms with Crippen molar-refractivity contribution in [1.82, 2.24) is 10.2 Å². The normalized spacial score (nSPS) is 13.3. The quantitative estimate of drug-likeness (QED) is 0.817. The van der Waals surface area contributed by atoms with Gasteiger partial charge in [0.05, 0.1) is 0 Å². The third-order valence-electron chi connectivity index (χ3n) is 3.46. The van der Waals surface area contributed by atoms with Crippen LogP contribution >= 0.6 is 0 Å². The molecule has 0 aliphatic heterocycles. The Kier molecular flexibility index (Phi) is 6.38. The Labute approximate surface area is 114 Å². The fourth-order valence-corrected chi connectivity index (χ4v) is 1.99. The van der Waals surface area contributed by atoms with Gasteiger partial charge < -0.3 is 10.2 Å². The van der Waals surface area contributed by atoms with Gasteiger partial charge in [0.1, 0.15) is 0 Å². The van der Waals surface area contributed by atoms with Gasteiger partial charge in [-0.3, -0.25) is 0 Å². The molecule has 0 aliphatic carbocycles. The lowest BCUT2D eigenvalue weighted by atomic mass is 10.0. The fraction of sp³-hybridized carbons (Fsp3) is 0.600. The van der Waals surface area contributed by atoms with E-state index >= 15 is 0 Å². The van der Waals surface area contributed by atoms with Gasteiger partial charge in [-0.25, -0.2) is 8.78 Å². The van der Waals surface area contributed by atoms with Crippen LogP contribution in [-0.2, 0) is 0 Å². The van der Waals surface area contributed by atoms with Gasteiger partial charge in [-0.15, -0.1) is 0 Å².